The van der Waals surface area contributed by atoms with Crippen LogP contribution < -0.4 is 0 Å². The SMILES string of the molecule is O=C(c1c(F)cccc1F)N1CCc2nc[nH]c2C1. The van der Waals surface area contributed by atoms with Crippen LogP contribution >= 0.6 is 0 Å². The summed E-state index contributed by atoms with van der Waals surface area (Å²) in [5.41, 5.74) is 1.22. The molecule has 1 aliphatic rings. The van der Waals surface area contributed by atoms with Gasteiger partial charge in [0.05, 0.1) is 24.3 Å². The molecule has 1 amide bonds. The third-order valence-electron chi connectivity index (χ3n) is 3.24. The second-order valence-electron chi connectivity index (χ2n) is 4.40. The fraction of sp³-hybridized carbons (Fsp3) is 0.231. The van der Waals surface area contributed by atoms with E-state index in [9.17, 15) is 13.6 Å². The van der Waals surface area contributed by atoms with E-state index < -0.39 is 23.1 Å². The van der Waals surface area contributed by atoms with Crippen molar-refractivity contribution in [2.24, 2.45) is 0 Å². The normalized spacial score (nSPS) is 14.3. The summed E-state index contributed by atoms with van der Waals surface area (Å²) in [5, 5.41) is 0. The highest BCUT2D eigenvalue weighted by atomic mass is 19.1. The summed E-state index contributed by atoms with van der Waals surface area (Å²) < 4.78 is 27.2. The fourth-order valence-electron chi connectivity index (χ4n) is 2.25. The number of halogens is 2. The molecule has 0 aliphatic carbocycles. The molecule has 0 saturated carbocycles. The van der Waals surface area contributed by atoms with Crippen LogP contribution in [0.4, 0.5) is 8.78 Å². The Balaban J connectivity index is 1.90. The number of hydrogen-bond donors (Lipinski definition) is 1. The zero-order chi connectivity index (χ0) is 13.4. The fourth-order valence-corrected chi connectivity index (χ4v) is 2.25. The quantitative estimate of drug-likeness (QED) is 0.854. The predicted octanol–water partition coefficient (Wildman–Crippen LogP) is 1.89. The highest BCUT2D eigenvalue weighted by Crippen LogP contribution is 2.20. The third-order valence-corrected chi connectivity index (χ3v) is 3.24. The average Bonchev–Trinajstić information content (AvgIpc) is 2.85. The maximum Gasteiger partial charge on any atom is 0.260 e. The van der Waals surface area contributed by atoms with Crippen molar-refractivity contribution in [1.82, 2.24) is 14.9 Å². The lowest BCUT2D eigenvalue weighted by Gasteiger charge is -2.26. The number of hydrogen-bond acceptors (Lipinski definition) is 2. The van der Waals surface area contributed by atoms with Gasteiger partial charge in [0.15, 0.2) is 0 Å². The highest BCUT2D eigenvalue weighted by molar-refractivity contribution is 5.94. The molecular weight excluding hydrogens is 252 g/mol. The van der Waals surface area contributed by atoms with Crippen LogP contribution in [0.25, 0.3) is 0 Å². The van der Waals surface area contributed by atoms with Crippen molar-refractivity contribution < 1.29 is 13.6 Å². The number of nitrogens with zero attached hydrogens (tertiary/aromatic N) is 2. The molecule has 0 saturated heterocycles. The lowest BCUT2D eigenvalue weighted by molar-refractivity contribution is 0.0722. The monoisotopic (exact) mass is 263 g/mol. The van der Waals surface area contributed by atoms with Crippen LogP contribution in [0, 0.1) is 11.6 Å². The van der Waals surface area contributed by atoms with E-state index in [1.807, 2.05) is 0 Å². The number of carbonyl (C=O) groups excluding carboxylic acids is 1. The van der Waals surface area contributed by atoms with Crippen molar-refractivity contribution >= 4 is 5.91 Å². The Morgan fingerprint density at radius 3 is 2.79 bits per heavy atom. The van der Waals surface area contributed by atoms with Crippen molar-refractivity contribution in [3.05, 3.63) is 53.1 Å². The van der Waals surface area contributed by atoms with Crippen molar-refractivity contribution in [3.8, 4) is 0 Å². The van der Waals surface area contributed by atoms with Gasteiger partial charge in [0, 0.05) is 13.0 Å². The molecule has 6 heteroatoms. The average molecular weight is 263 g/mol. The van der Waals surface area contributed by atoms with E-state index in [4.69, 9.17) is 0 Å². The van der Waals surface area contributed by atoms with Gasteiger partial charge in [-0.05, 0) is 12.1 Å². The first-order chi connectivity index (χ1) is 9.16. The van der Waals surface area contributed by atoms with Gasteiger partial charge in [-0.1, -0.05) is 6.07 Å². The number of benzene rings is 1. The second-order valence-corrected chi connectivity index (χ2v) is 4.40. The zero-order valence-corrected chi connectivity index (χ0v) is 9.99. The molecule has 0 atom stereocenters. The second kappa shape index (κ2) is 4.46. The van der Waals surface area contributed by atoms with Gasteiger partial charge in [0.25, 0.3) is 5.91 Å². The molecule has 4 nitrogen and oxygen atoms in total. The molecule has 2 aromatic rings. The first-order valence-electron chi connectivity index (χ1n) is 5.91. The van der Waals surface area contributed by atoms with Crippen LogP contribution in [0.3, 0.4) is 0 Å². The summed E-state index contributed by atoms with van der Waals surface area (Å²) in [6, 6.07) is 3.41. The maximum absolute atomic E-state index is 13.6. The molecule has 0 fully saturated rings. The summed E-state index contributed by atoms with van der Waals surface area (Å²) in [6.45, 7) is 0.701. The first kappa shape index (κ1) is 11.8. The lowest BCUT2D eigenvalue weighted by Crippen LogP contribution is -2.37. The Hall–Kier alpha value is -2.24. The molecular formula is C13H11F2N3O. The number of H-pyrrole nitrogens is 1. The predicted molar refractivity (Wildman–Crippen MR) is 63.4 cm³/mol. The largest absolute Gasteiger partial charge is 0.347 e. The van der Waals surface area contributed by atoms with Crippen molar-refractivity contribution in [1.29, 1.82) is 0 Å². The van der Waals surface area contributed by atoms with Crippen LogP contribution in [0.15, 0.2) is 24.5 Å². The minimum absolute atomic E-state index is 0.294. The highest BCUT2D eigenvalue weighted by Gasteiger charge is 2.27. The van der Waals surface area contributed by atoms with Crippen LogP contribution in [0.2, 0.25) is 0 Å². The number of fused-ring (bicyclic) bond motifs is 1. The Morgan fingerprint density at radius 1 is 1.32 bits per heavy atom. The minimum atomic E-state index is -0.833. The number of rotatable bonds is 1. The van der Waals surface area contributed by atoms with Gasteiger partial charge in [0.2, 0.25) is 0 Å². The van der Waals surface area contributed by atoms with Crippen LogP contribution in [0.1, 0.15) is 21.7 Å². The van der Waals surface area contributed by atoms with Crippen LogP contribution in [0.5, 0.6) is 0 Å². The Kier molecular flexibility index (Phi) is 2.77. The number of aromatic amines is 1. The van der Waals surface area contributed by atoms with Gasteiger partial charge in [0.1, 0.15) is 17.2 Å². The first-order valence-corrected chi connectivity index (χ1v) is 5.91. The Bertz CT molecular complexity index is 618. The molecule has 0 unspecified atom stereocenters. The Morgan fingerprint density at radius 2 is 2.05 bits per heavy atom. The van der Waals surface area contributed by atoms with E-state index in [2.05, 4.69) is 9.97 Å². The van der Waals surface area contributed by atoms with Gasteiger partial charge in [-0.2, -0.15) is 0 Å². The van der Waals surface area contributed by atoms with Crippen LogP contribution in [-0.4, -0.2) is 27.3 Å². The van der Waals surface area contributed by atoms with Crippen LogP contribution in [-0.2, 0) is 13.0 Å². The van der Waals surface area contributed by atoms with E-state index in [0.29, 0.717) is 19.5 Å². The third kappa shape index (κ3) is 1.99. The van der Waals surface area contributed by atoms with Gasteiger partial charge >= 0.3 is 0 Å². The van der Waals surface area contributed by atoms with Gasteiger partial charge in [-0.25, -0.2) is 13.8 Å². The molecule has 1 aromatic carbocycles. The van der Waals surface area contributed by atoms with Crippen molar-refractivity contribution in [3.63, 3.8) is 0 Å². The molecule has 1 aromatic heterocycles. The molecule has 0 radical (unpaired) electrons. The Labute approximate surface area is 108 Å². The van der Waals surface area contributed by atoms with Crippen molar-refractivity contribution in [2.75, 3.05) is 6.54 Å². The topological polar surface area (TPSA) is 49.0 Å². The van der Waals surface area contributed by atoms with Gasteiger partial charge in [-0.15, -0.1) is 0 Å². The number of carbonyl (C=O) groups is 1. The maximum atomic E-state index is 13.6. The van der Waals surface area contributed by atoms with Gasteiger partial charge in [-0.3, -0.25) is 4.79 Å². The van der Waals surface area contributed by atoms with E-state index in [0.717, 1.165) is 23.5 Å². The zero-order valence-electron chi connectivity index (χ0n) is 9.99. The smallest absolute Gasteiger partial charge is 0.260 e. The van der Waals surface area contributed by atoms with E-state index in [1.165, 1.54) is 11.0 Å². The van der Waals surface area contributed by atoms with Crippen molar-refractivity contribution in [2.45, 2.75) is 13.0 Å². The summed E-state index contributed by atoms with van der Waals surface area (Å²) in [6.07, 6.45) is 2.14. The molecule has 1 N–H and O–H groups in total. The minimum Gasteiger partial charge on any atom is -0.347 e. The standard InChI is InChI=1S/C13H11F2N3O/c14-8-2-1-3-9(15)12(8)13(19)18-5-4-10-11(6-18)17-7-16-10/h1-3,7H,4-6H2,(H,16,17). The van der Waals surface area contributed by atoms with E-state index in [-0.39, 0.29) is 0 Å². The molecule has 1 aliphatic heterocycles. The van der Waals surface area contributed by atoms with E-state index >= 15 is 0 Å². The molecule has 0 spiro atoms. The molecule has 2 heterocycles. The molecule has 3 rings (SSSR count). The summed E-state index contributed by atoms with van der Waals surface area (Å²) in [7, 11) is 0. The number of imidazole rings is 1. The summed E-state index contributed by atoms with van der Waals surface area (Å²) >= 11 is 0. The van der Waals surface area contributed by atoms with Gasteiger partial charge < -0.3 is 9.88 Å². The number of amides is 1. The molecule has 19 heavy (non-hydrogen) atoms. The number of nitrogens with one attached hydrogen (secondary N) is 1. The molecule has 98 valence electrons. The lowest BCUT2D eigenvalue weighted by atomic mass is 10.1. The summed E-state index contributed by atoms with van der Waals surface area (Å²) in [5.74, 6) is -2.29. The summed E-state index contributed by atoms with van der Waals surface area (Å²) in [4.78, 5) is 20.7. The molecule has 0 bridgehead atoms. The number of aromatic nitrogens is 2. The van der Waals surface area contributed by atoms with E-state index in [1.54, 1.807) is 6.33 Å².